The van der Waals surface area contributed by atoms with Crippen LogP contribution in [0.4, 0.5) is 8.78 Å². The van der Waals surface area contributed by atoms with Gasteiger partial charge in [-0.2, -0.15) is 8.78 Å². The largest absolute Gasteiger partial charge is 0.435 e. The van der Waals surface area contributed by atoms with Crippen LogP contribution in [0.1, 0.15) is 18.4 Å². The van der Waals surface area contributed by atoms with Gasteiger partial charge in [-0.15, -0.1) is 12.4 Å². The van der Waals surface area contributed by atoms with Crippen molar-refractivity contribution in [3.8, 4) is 5.75 Å². The third-order valence-corrected chi connectivity index (χ3v) is 2.47. The van der Waals surface area contributed by atoms with E-state index in [-0.39, 0.29) is 24.1 Å². The van der Waals surface area contributed by atoms with Crippen LogP contribution in [0.2, 0.25) is 0 Å². The van der Waals surface area contributed by atoms with Crippen molar-refractivity contribution in [2.24, 2.45) is 0 Å². The summed E-state index contributed by atoms with van der Waals surface area (Å²) in [6, 6.07) is 6.19. The lowest BCUT2D eigenvalue weighted by atomic mass is 10.2. The van der Waals surface area contributed by atoms with E-state index in [0.717, 1.165) is 18.5 Å². The van der Waals surface area contributed by atoms with Crippen LogP contribution in [-0.4, -0.2) is 26.1 Å². The summed E-state index contributed by atoms with van der Waals surface area (Å²) >= 11 is 0. The molecule has 2 N–H and O–H groups in total. The molecule has 0 aliphatic rings. The molecule has 7 heteroatoms. The molecule has 0 unspecified atom stereocenters. The Morgan fingerprint density at radius 3 is 2.50 bits per heavy atom. The number of hydrogen-bond acceptors (Lipinski definition) is 3. The fourth-order valence-corrected chi connectivity index (χ4v) is 1.50. The van der Waals surface area contributed by atoms with Gasteiger partial charge in [0.05, 0.1) is 0 Å². The minimum Gasteiger partial charge on any atom is -0.435 e. The van der Waals surface area contributed by atoms with Crippen molar-refractivity contribution in [1.82, 2.24) is 10.6 Å². The average Bonchev–Trinajstić information content (AvgIpc) is 2.37. The van der Waals surface area contributed by atoms with Crippen LogP contribution in [0.25, 0.3) is 0 Å². The summed E-state index contributed by atoms with van der Waals surface area (Å²) < 4.78 is 28.1. The zero-order valence-electron chi connectivity index (χ0n) is 11.2. The first-order valence-corrected chi connectivity index (χ1v) is 6.07. The van der Waals surface area contributed by atoms with Crippen LogP contribution >= 0.6 is 12.4 Å². The van der Waals surface area contributed by atoms with Gasteiger partial charge in [-0.3, -0.25) is 4.79 Å². The third kappa shape index (κ3) is 7.91. The Hall–Kier alpha value is -1.40. The van der Waals surface area contributed by atoms with E-state index in [4.69, 9.17) is 0 Å². The zero-order valence-corrected chi connectivity index (χ0v) is 12.0. The molecule has 0 radical (unpaired) electrons. The van der Waals surface area contributed by atoms with Crippen LogP contribution in [0.3, 0.4) is 0 Å². The number of carbonyl (C=O) groups is 1. The normalized spacial score (nSPS) is 10.0. The minimum atomic E-state index is -2.82. The molecule has 0 heterocycles. The minimum absolute atomic E-state index is 0. The van der Waals surface area contributed by atoms with Crippen LogP contribution < -0.4 is 15.4 Å². The van der Waals surface area contributed by atoms with Gasteiger partial charge in [0.1, 0.15) is 5.75 Å². The van der Waals surface area contributed by atoms with Crippen molar-refractivity contribution in [3.05, 3.63) is 29.8 Å². The monoisotopic (exact) mass is 308 g/mol. The topological polar surface area (TPSA) is 50.4 Å². The zero-order chi connectivity index (χ0) is 14.1. The van der Waals surface area contributed by atoms with Gasteiger partial charge in [-0.1, -0.05) is 12.1 Å². The van der Waals surface area contributed by atoms with Crippen molar-refractivity contribution >= 4 is 18.3 Å². The number of alkyl halides is 2. The van der Waals surface area contributed by atoms with E-state index in [1.165, 1.54) is 12.1 Å². The van der Waals surface area contributed by atoms with Gasteiger partial charge in [-0.25, -0.2) is 0 Å². The summed E-state index contributed by atoms with van der Waals surface area (Å²) in [4.78, 5) is 11.4. The number of halogens is 3. The quantitative estimate of drug-likeness (QED) is 0.725. The summed E-state index contributed by atoms with van der Waals surface area (Å²) in [5, 5.41) is 5.73. The van der Waals surface area contributed by atoms with Crippen LogP contribution in [-0.2, 0) is 11.3 Å². The number of carbonyl (C=O) groups excluding carboxylic acids is 1. The molecule has 1 aromatic carbocycles. The molecule has 114 valence electrons. The van der Waals surface area contributed by atoms with Crippen LogP contribution in [0.15, 0.2) is 24.3 Å². The van der Waals surface area contributed by atoms with Gasteiger partial charge in [0.15, 0.2) is 0 Å². The van der Waals surface area contributed by atoms with Gasteiger partial charge >= 0.3 is 6.61 Å². The van der Waals surface area contributed by atoms with E-state index < -0.39 is 6.61 Å². The molecule has 0 bridgehead atoms. The van der Waals surface area contributed by atoms with Gasteiger partial charge in [-0.05, 0) is 37.7 Å². The molecule has 0 atom stereocenters. The van der Waals surface area contributed by atoms with Crippen molar-refractivity contribution in [1.29, 1.82) is 0 Å². The molecule has 0 aliphatic heterocycles. The molecule has 20 heavy (non-hydrogen) atoms. The highest BCUT2D eigenvalue weighted by atomic mass is 35.5. The van der Waals surface area contributed by atoms with Crippen molar-refractivity contribution in [2.75, 3.05) is 13.6 Å². The van der Waals surface area contributed by atoms with Gasteiger partial charge in [0.25, 0.3) is 0 Å². The Morgan fingerprint density at radius 2 is 1.95 bits per heavy atom. The summed E-state index contributed by atoms with van der Waals surface area (Å²) in [5.74, 6) is 0.0854. The molecule has 0 fully saturated rings. The van der Waals surface area contributed by atoms with Gasteiger partial charge < -0.3 is 15.4 Å². The Balaban J connectivity index is 0.00000361. The predicted octanol–water partition coefficient (Wildman–Crippen LogP) is 2.33. The van der Waals surface area contributed by atoms with E-state index in [1.54, 1.807) is 12.1 Å². The Bertz CT molecular complexity index is 388. The van der Waals surface area contributed by atoms with Crippen molar-refractivity contribution in [2.45, 2.75) is 26.0 Å². The fraction of sp³-hybridized carbons (Fsp3) is 0.462. The van der Waals surface area contributed by atoms with Crippen LogP contribution in [0, 0.1) is 0 Å². The number of nitrogens with one attached hydrogen (secondary N) is 2. The summed E-state index contributed by atoms with van der Waals surface area (Å²) in [7, 11) is 1.83. The first-order chi connectivity index (χ1) is 9.11. The maximum atomic E-state index is 11.9. The first kappa shape index (κ1) is 18.6. The number of hydrogen-bond donors (Lipinski definition) is 2. The molecule has 0 aromatic heterocycles. The summed E-state index contributed by atoms with van der Waals surface area (Å²) in [6.07, 6.45) is 1.25. The SMILES string of the molecule is CNCCCC(=O)NCc1ccc(OC(F)F)cc1.Cl. The second-order valence-electron chi connectivity index (χ2n) is 4.01. The standard InChI is InChI=1S/C13H18F2N2O2.ClH/c1-16-8-2-3-12(18)17-9-10-4-6-11(7-5-10)19-13(14)15;/h4-7,13,16H,2-3,8-9H2,1H3,(H,17,18);1H. The summed E-state index contributed by atoms with van der Waals surface area (Å²) in [5.41, 5.74) is 0.837. The smallest absolute Gasteiger partial charge is 0.387 e. The Labute approximate surface area is 123 Å². The molecular formula is C13H19ClF2N2O2. The second kappa shape index (κ2) is 10.4. The molecular weight excluding hydrogens is 290 g/mol. The first-order valence-electron chi connectivity index (χ1n) is 6.07. The number of benzene rings is 1. The molecule has 0 spiro atoms. The molecule has 4 nitrogen and oxygen atoms in total. The highest BCUT2D eigenvalue weighted by Crippen LogP contribution is 2.14. The molecule has 1 aromatic rings. The summed E-state index contributed by atoms with van der Waals surface area (Å²) in [6.45, 7) is -1.64. The van der Waals surface area contributed by atoms with E-state index in [1.807, 2.05) is 7.05 Å². The highest BCUT2D eigenvalue weighted by molar-refractivity contribution is 5.85. The molecule has 0 aliphatic carbocycles. The maximum absolute atomic E-state index is 11.9. The lowest BCUT2D eigenvalue weighted by molar-refractivity contribution is -0.121. The average molecular weight is 309 g/mol. The lowest BCUT2D eigenvalue weighted by Gasteiger charge is -2.07. The third-order valence-electron chi connectivity index (χ3n) is 2.47. The molecule has 1 rings (SSSR count). The van der Waals surface area contributed by atoms with Crippen LogP contribution in [0.5, 0.6) is 5.75 Å². The predicted molar refractivity (Wildman–Crippen MR) is 75.3 cm³/mol. The fourth-order valence-electron chi connectivity index (χ4n) is 1.50. The highest BCUT2D eigenvalue weighted by Gasteiger charge is 2.04. The molecule has 1 amide bonds. The number of ether oxygens (including phenoxy) is 1. The Kier molecular flexibility index (Phi) is 9.67. The van der Waals surface area contributed by atoms with Crippen molar-refractivity contribution < 1.29 is 18.3 Å². The van der Waals surface area contributed by atoms with E-state index >= 15 is 0 Å². The van der Waals surface area contributed by atoms with E-state index in [9.17, 15) is 13.6 Å². The number of amides is 1. The maximum Gasteiger partial charge on any atom is 0.387 e. The van der Waals surface area contributed by atoms with E-state index in [0.29, 0.717) is 13.0 Å². The Morgan fingerprint density at radius 1 is 1.30 bits per heavy atom. The van der Waals surface area contributed by atoms with E-state index in [2.05, 4.69) is 15.4 Å². The van der Waals surface area contributed by atoms with Crippen molar-refractivity contribution in [3.63, 3.8) is 0 Å². The lowest BCUT2D eigenvalue weighted by Crippen LogP contribution is -2.23. The second-order valence-corrected chi connectivity index (χ2v) is 4.01. The van der Waals surface area contributed by atoms with Gasteiger partial charge in [0, 0.05) is 13.0 Å². The van der Waals surface area contributed by atoms with Gasteiger partial charge in [0.2, 0.25) is 5.91 Å². The molecule has 0 saturated heterocycles. The number of rotatable bonds is 8. The molecule has 0 saturated carbocycles.